The first-order valence-electron chi connectivity index (χ1n) is 15.5. The van der Waals surface area contributed by atoms with Crippen LogP contribution in [0.25, 0.3) is 11.1 Å². The number of para-hydroxylation sites is 1. The van der Waals surface area contributed by atoms with Crippen molar-refractivity contribution in [2.45, 2.75) is 70.9 Å². The Balaban J connectivity index is 1.36. The highest BCUT2D eigenvalue weighted by Crippen LogP contribution is 2.38. The maximum atomic E-state index is 13.5. The minimum absolute atomic E-state index is 0.118. The third-order valence-corrected chi connectivity index (χ3v) is 8.49. The molecule has 2 aliphatic rings. The predicted octanol–water partition coefficient (Wildman–Crippen LogP) is 7.98. The van der Waals surface area contributed by atoms with Gasteiger partial charge in [-0.1, -0.05) is 48.5 Å². The molecule has 232 valence electrons. The molecular weight excluding hydrogens is 554 g/mol. The van der Waals surface area contributed by atoms with E-state index in [2.05, 4.69) is 35.6 Å². The fourth-order valence-corrected chi connectivity index (χ4v) is 6.15. The van der Waals surface area contributed by atoms with Crippen molar-refractivity contribution in [3.8, 4) is 11.1 Å². The summed E-state index contributed by atoms with van der Waals surface area (Å²) in [5.41, 5.74) is 5.15. The monoisotopic (exact) mass is 597 g/mol. The number of ether oxygens (including phenoxy) is 2. The number of hydrogen-bond donors (Lipinski definition) is 1. The number of carbonyl (C=O) groups excluding carboxylic acids is 3. The normalized spacial score (nSPS) is 18.5. The molecule has 8 heteroatoms. The van der Waals surface area contributed by atoms with Crippen molar-refractivity contribution in [2.75, 3.05) is 30.4 Å². The lowest BCUT2D eigenvalue weighted by molar-refractivity contribution is -0.142. The highest BCUT2D eigenvalue weighted by Gasteiger charge is 2.30. The van der Waals surface area contributed by atoms with E-state index in [1.807, 2.05) is 63.2 Å². The molecule has 1 fully saturated rings. The lowest BCUT2D eigenvalue weighted by Gasteiger charge is -2.28. The van der Waals surface area contributed by atoms with E-state index in [-0.39, 0.29) is 12.0 Å². The maximum absolute atomic E-state index is 13.5. The Labute approximate surface area is 260 Å². The predicted molar refractivity (Wildman–Crippen MR) is 173 cm³/mol. The summed E-state index contributed by atoms with van der Waals surface area (Å²) in [6, 6.07) is 23.9. The summed E-state index contributed by atoms with van der Waals surface area (Å²) in [6.07, 6.45) is 4.33. The van der Waals surface area contributed by atoms with Crippen molar-refractivity contribution in [3.05, 3.63) is 83.9 Å². The summed E-state index contributed by atoms with van der Waals surface area (Å²) in [5, 5.41) is 2.99. The van der Waals surface area contributed by atoms with Gasteiger partial charge in [0.25, 0.3) is 0 Å². The SMILES string of the molecule is COC(=O)CC1CCC(c2ccc(-c3ccc4c(c3)CN(C(=O)OC(C)(C)C)CCN4C(=O)Nc3ccccc3)cc2)CC1. The average molecular weight is 598 g/mol. The molecule has 1 N–H and O–H groups in total. The number of benzene rings is 3. The van der Waals surface area contributed by atoms with Gasteiger partial charge in [0.15, 0.2) is 0 Å². The Morgan fingerprint density at radius 2 is 1.55 bits per heavy atom. The second-order valence-electron chi connectivity index (χ2n) is 12.8. The number of anilines is 2. The Kier molecular flexibility index (Phi) is 9.57. The van der Waals surface area contributed by atoms with E-state index < -0.39 is 11.7 Å². The van der Waals surface area contributed by atoms with Crippen LogP contribution >= 0.6 is 0 Å². The number of rotatable bonds is 5. The van der Waals surface area contributed by atoms with Gasteiger partial charge in [-0.3, -0.25) is 9.69 Å². The van der Waals surface area contributed by atoms with Crippen molar-refractivity contribution in [1.29, 1.82) is 0 Å². The number of carbonyl (C=O) groups is 3. The molecule has 3 amide bonds. The Morgan fingerprint density at radius 3 is 2.20 bits per heavy atom. The van der Waals surface area contributed by atoms with Gasteiger partial charge in [0.05, 0.1) is 19.3 Å². The first-order chi connectivity index (χ1) is 21.1. The second kappa shape index (κ2) is 13.5. The lowest BCUT2D eigenvalue weighted by atomic mass is 9.77. The Hall–Kier alpha value is -4.33. The van der Waals surface area contributed by atoms with Gasteiger partial charge < -0.3 is 19.7 Å². The summed E-state index contributed by atoms with van der Waals surface area (Å²) >= 11 is 0. The number of nitrogens with zero attached hydrogens (tertiary/aromatic N) is 2. The first-order valence-corrected chi connectivity index (χ1v) is 15.5. The van der Waals surface area contributed by atoms with Crippen LogP contribution in [-0.4, -0.2) is 48.8 Å². The van der Waals surface area contributed by atoms with Gasteiger partial charge in [-0.05, 0) is 105 Å². The van der Waals surface area contributed by atoms with Crippen molar-refractivity contribution in [3.63, 3.8) is 0 Å². The zero-order valence-corrected chi connectivity index (χ0v) is 26.2. The van der Waals surface area contributed by atoms with Crippen molar-refractivity contribution < 1.29 is 23.9 Å². The fourth-order valence-electron chi connectivity index (χ4n) is 6.15. The van der Waals surface area contributed by atoms with Gasteiger partial charge in [0.1, 0.15) is 5.60 Å². The number of methoxy groups -OCH3 is 1. The summed E-state index contributed by atoms with van der Waals surface area (Å²) in [5.74, 6) is 0.781. The maximum Gasteiger partial charge on any atom is 0.410 e. The van der Waals surface area contributed by atoms with E-state index in [4.69, 9.17) is 9.47 Å². The highest BCUT2D eigenvalue weighted by atomic mass is 16.6. The molecule has 0 radical (unpaired) electrons. The van der Waals surface area contributed by atoms with Gasteiger partial charge in [0.2, 0.25) is 0 Å². The molecule has 1 aliphatic heterocycles. The van der Waals surface area contributed by atoms with Gasteiger partial charge in [-0.25, -0.2) is 9.59 Å². The number of esters is 1. The van der Waals surface area contributed by atoms with Crippen LogP contribution < -0.4 is 10.2 Å². The molecule has 0 atom stereocenters. The minimum Gasteiger partial charge on any atom is -0.469 e. The third kappa shape index (κ3) is 7.78. The highest BCUT2D eigenvalue weighted by molar-refractivity contribution is 6.02. The van der Waals surface area contributed by atoms with Crippen LogP contribution in [0.4, 0.5) is 21.0 Å². The van der Waals surface area contributed by atoms with Crippen LogP contribution in [0.1, 0.15) is 69.9 Å². The molecule has 5 rings (SSSR count). The average Bonchev–Trinajstić information content (AvgIpc) is 3.21. The summed E-state index contributed by atoms with van der Waals surface area (Å²) in [4.78, 5) is 41.7. The summed E-state index contributed by atoms with van der Waals surface area (Å²) in [6.45, 7) is 6.57. The van der Waals surface area contributed by atoms with E-state index >= 15 is 0 Å². The molecular formula is C36H43N3O5. The van der Waals surface area contributed by atoms with Gasteiger partial charge in [0, 0.05) is 25.2 Å². The number of fused-ring (bicyclic) bond motifs is 1. The van der Waals surface area contributed by atoms with E-state index in [9.17, 15) is 14.4 Å². The fraction of sp³-hybridized carbons (Fsp3) is 0.417. The first kappa shape index (κ1) is 31.1. The molecule has 8 nitrogen and oxygen atoms in total. The van der Waals surface area contributed by atoms with E-state index in [0.717, 1.165) is 48.1 Å². The summed E-state index contributed by atoms with van der Waals surface area (Å²) < 4.78 is 10.6. The number of amides is 3. The number of urea groups is 1. The lowest BCUT2D eigenvalue weighted by Crippen LogP contribution is -2.41. The molecule has 0 saturated heterocycles. The van der Waals surface area contributed by atoms with Crippen molar-refractivity contribution in [2.24, 2.45) is 5.92 Å². The van der Waals surface area contributed by atoms with Crippen molar-refractivity contribution in [1.82, 2.24) is 4.90 Å². The van der Waals surface area contributed by atoms with Crippen LogP contribution in [0, 0.1) is 5.92 Å². The minimum atomic E-state index is -0.624. The third-order valence-electron chi connectivity index (χ3n) is 8.49. The Bertz CT molecular complexity index is 1460. The molecule has 1 saturated carbocycles. The molecule has 3 aromatic carbocycles. The topological polar surface area (TPSA) is 88.2 Å². The van der Waals surface area contributed by atoms with Gasteiger partial charge >= 0.3 is 18.1 Å². The van der Waals surface area contributed by atoms with E-state index in [1.54, 1.807) is 9.80 Å². The van der Waals surface area contributed by atoms with Crippen LogP contribution in [0.5, 0.6) is 0 Å². The zero-order valence-electron chi connectivity index (χ0n) is 26.2. The van der Waals surface area contributed by atoms with Crippen molar-refractivity contribution >= 4 is 29.5 Å². The van der Waals surface area contributed by atoms with Crippen LogP contribution in [0.3, 0.4) is 0 Å². The van der Waals surface area contributed by atoms with Crippen LogP contribution in [-0.2, 0) is 20.8 Å². The molecule has 44 heavy (non-hydrogen) atoms. The molecule has 3 aromatic rings. The quantitative estimate of drug-likeness (QED) is 0.301. The second-order valence-corrected chi connectivity index (χ2v) is 12.8. The molecule has 1 aliphatic carbocycles. The number of nitrogens with one attached hydrogen (secondary N) is 1. The van der Waals surface area contributed by atoms with E-state index in [0.29, 0.717) is 43.6 Å². The van der Waals surface area contributed by atoms with Gasteiger partial charge in [-0.2, -0.15) is 0 Å². The standard InChI is InChI=1S/C36H43N3O5/c1-36(2,3)44-35(42)38-20-21-39(34(41)37-31-8-6-5-7-9-31)32-19-18-29(23-30(32)24-38)28-16-14-27(15-17-28)26-12-10-25(11-13-26)22-33(40)43-4/h5-9,14-19,23,25-26H,10-13,20-22,24H2,1-4H3,(H,37,41). The smallest absolute Gasteiger partial charge is 0.410 e. The number of hydrogen-bond acceptors (Lipinski definition) is 5. The molecule has 0 bridgehead atoms. The van der Waals surface area contributed by atoms with Gasteiger partial charge in [-0.15, -0.1) is 0 Å². The summed E-state index contributed by atoms with van der Waals surface area (Å²) in [7, 11) is 1.45. The molecule has 0 unspecified atom stereocenters. The van der Waals surface area contributed by atoms with Crippen LogP contribution in [0.2, 0.25) is 0 Å². The molecule has 0 spiro atoms. The van der Waals surface area contributed by atoms with Crippen LogP contribution in [0.15, 0.2) is 72.8 Å². The Morgan fingerprint density at radius 1 is 0.864 bits per heavy atom. The largest absolute Gasteiger partial charge is 0.469 e. The molecule has 0 aromatic heterocycles. The zero-order chi connectivity index (χ0) is 31.3. The van der Waals surface area contributed by atoms with E-state index in [1.165, 1.54) is 12.7 Å². The molecule has 1 heterocycles.